The van der Waals surface area contributed by atoms with Crippen molar-refractivity contribution in [2.75, 3.05) is 0 Å². The summed E-state index contributed by atoms with van der Waals surface area (Å²) in [6.07, 6.45) is 5.19. The topological polar surface area (TPSA) is 52.7 Å². The van der Waals surface area contributed by atoms with Gasteiger partial charge in [0.15, 0.2) is 0 Å². The standard InChI is InChI=1S/C18H13ClN4O/c19-14-4-7-17-16(10-14)18(24)22(12-20-17)11-13-2-5-15(6-3-13)23-9-1-8-21-23/h1-10,12H,11H2. The Balaban J connectivity index is 1.67. The van der Waals surface area contributed by atoms with Gasteiger partial charge in [0.2, 0.25) is 0 Å². The number of nitrogens with zero attached hydrogens (tertiary/aromatic N) is 4. The zero-order chi connectivity index (χ0) is 16.5. The molecule has 6 heteroatoms. The van der Waals surface area contributed by atoms with E-state index < -0.39 is 0 Å². The van der Waals surface area contributed by atoms with E-state index in [0.29, 0.717) is 22.5 Å². The predicted octanol–water partition coefficient (Wildman–Crippen LogP) is 3.28. The van der Waals surface area contributed by atoms with Crippen LogP contribution in [0, 0.1) is 0 Å². The van der Waals surface area contributed by atoms with Crippen molar-refractivity contribution in [1.82, 2.24) is 19.3 Å². The summed E-state index contributed by atoms with van der Waals surface area (Å²) in [5, 5.41) is 5.25. The van der Waals surface area contributed by atoms with E-state index in [1.54, 1.807) is 40.0 Å². The van der Waals surface area contributed by atoms with Gasteiger partial charge in [0.1, 0.15) is 0 Å². The molecule has 24 heavy (non-hydrogen) atoms. The van der Waals surface area contributed by atoms with Crippen molar-refractivity contribution < 1.29 is 0 Å². The Hall–Kier alpha value is -2.92. The minimum Gasteiger partial charge on any atom is -0.294 e. The lowest BCUT2D eigenvalue weighted by Crippen LogP contribution is -2.21. The fourth-order valence-electron chi connectivity index (χ4n) is 2.62. The third kappa shape index (κ3) is 2.70. The van der Waals surface area contributed by atoms with Gasteiger partial charge in [-0.15, -0.1) is 0 Å². The van der Waals surface area contributed by atoms with E-state index in [1.165, 1.54) is 0 Å². The van der Waals surface area contributed by atoms with Crippen LogP contribution in [0.3, 0.4) is 0 Å². The highest BCUT2D eigenvalue weighted by atomic mass is 35.5. The molecule has 0 unspecified atom stereocenters. The number of hydrogen-bond acceptors (Lipinski definition) is 3. The third-order valence-corrected chi connectivity index (χ3v) is 4.08. The molecule has 2 aromatic heterocycles. The molecule has 0 N–H and O–H groups in total. The van der Waals surface area contributed by atoms with Crippen LogP contribution in [-0.2, 0) is 6.54 Å². The third-order valence-electron chi connectivity index (χ3n) is 3.84. The minimum absolute atomic E-state index is 0.0985. The number of hydrogen-bond donors (Lipinski definition) is 0. The van der Waals surface area contributed by atoms with Crippen molar-refractivity contribution in [2.24, 2.45) is 0 Å². The van der Waals surface area contributed by atoms with Gasteiger partial charge in [-0.1, -0.05) is 23.7 Å². The summed E-state index contributed by atoms with van der Waals surface area (Å²) in [6.45, 7) is 0.452. The quantitative estimate of drug-likeness (QED) is 0.577. The molecular formula is C18H13ClN4O. The van der Waals surface area contributed by atoms with Crippen molar-refractivity contribution in [3.05, 3.63) is 88.2 Å². The molecule has 0 aliphatic carbocycles. The first-order chi connectivity index (χ1) is 11.7. The second-order valence-corrected chi connectivity index (χ2v) is 5.89. The molecule has 4 rings (SSSR count). The zero-order valence-corrected chi connectivity index (χ0v) is 13.4. The second kappa shape index (κ2) is 5.94. The lowest BCUT2D eigenvalue weighted by molar-refractivity contribution is 0.747. The Bertz CT molecular complexity index is 1050. The molecule has 0 amide bonds. The van der Waals surface area contributed by atoms with Gasteiger partial charge in [-0.3, -0.25) is 9.36 Å². The van der Waals surface area contributed by atoms with Crippen molar-refractivity contribution in [1.29, 1.82) is 0 Å². The number of benzene rings is 2. The molecule has 4 aromatic rings. The van der Waals surface area contributed by atoms with E-state index in [9.17, 15) is 4.79 Å². The van der Waals surface area contributed by atoms with E-state index in [2.05, 4.69) is 10.1 Å². The molecule has 0 radical (unpaired) electrons. The molecule has 0 saturated carbocycles. The number of rotatable bonds is 3. The van der Waals surface area contributed by atoms with Gasteiger partial charge in [0.05, 0.1) is 29.5 Å². The first-order valence-corrected chi connectivity index (χ1v) is 7.82. The fourth-order valence-corrected chi connectivity index (χ4v) is 2.79. The van der Waals surface area contributed by atoms with Gasteiger partial charge in [0, 0.05) is 17.4 Å². The smallest absolute Gasteiger partial charge is 0.261 e. The monoisotopic (exact) mass is 336 g/mol. The molecule has 2 aromatic carbocycles. The highest BCUT2D eigenvalue weighted by Gasteiger charge is 2.06. The molecule has 0 aliphatic heterocycles. The zero-order valence-electron chi connectivity index (χ0n) is 12.6. The van der Waals surface area contributed by atoms with E-state index in [0.717, 1.165) is 11.3 Å². The molecule has 2 heterocycles. The predicted molar refractivity (Wildman–Crippen MR) is 93.7 cm³/mol. The maximum Gasteiger partial charge on any atom is 0.261 e. The van der Waals surface area contributed by atoms with Crippen molar-refractivity contribution in [2.45, 2.75) is 6.54 Å². The van der Waals surface area contributed by atoms with Gasteiger partial charge in [-0.2, -0.15) is 5.10 Å². The Morgan fingerprint density at radius 2 is 1.92 bits per heavy atom. The van der Waals surface area contributed by atoms with E-state index >= 15 is 0 Å². The molecule has 0 atom stereocenters. The molecule has 0 saturated heterocycles. The minimum atomic E-state index is -0.0985. The highest BCUT2D eigenvalue weighted by Crippen LogP contribution is 2.15. The average molecular weight is 337 g/mol. The van der Waals surface area contributed by atoms with Crippen molar-refractivity contribution in [3.8, 4) is 5.69 Å². The van der Waals surface area contributed by atoms with Gasteiger partial charge >= 0.3 is 0 Å². The summed E-state index contributed by atoms with van der Waals surface area (Å²) < 4.78 is 3.37. The van der Waals surface area contributed by atoms with Gasteiger partial charge in [0.25, 0.3) is 5.56 Å². The van der Waals surface area contributed by atoms with Crippen LogP contribution in [0.2, 0.25) is 5.02 Å². The van der Waals surface area contributed by atoms with E-state index in [-0.39, 0.29) is 5.56 Å². The van der Waals surface area contributed by atoms with Gasteiger partial charge in [-0.05, 0) is 42.0 Å². The average Bonchev–Trinajstić information content (AvgIpc) is 3.13. The largest absolute Gasteiger partial charge is 0.294 e. The molecule has 0 aliphatic rings. The maximum absolute atomic E-state index is 12.6. The van der Waals surface area contributed by atoms with E-state index in [4.69, 9.17) is 11.6 Å². The van der Waals surface area contributed by atoms with Crippen molar-refractivity contribution in [3.63, 3.8) is 0 Å². The molecule has 0 spiro atoms. The van der Waals surface area contributed by atoms with Crippen LogP contribution in [0.5, 0.6) is 0 Å². The van der Waals surface area contributed by atoms with Crippen molar-refractivity contribution >= 4 is 22.5 Å². The molecule has 118 valence electrons. The van der Waals surface area contributed by atoms with Crippen LogP contribution in [-0.4, -0.2) is 19.3 Å². The van der Waals surface area contributed by atoms with Gasteiger partial charge in [-0.25, -0.2) is 9.67 Å². The number of aromatic nitrogens is 4. The first-order valence-electron chi connectivity index (χ1n) is 7.44. The Morgan fingerprint density at radius 1 is 1.08 bits per heavy atom. The van der Waals surface area contributed by atoms with Crippen LogP contribution in [0.15, 0.2) is 72.0 Å². The Morgan fingerprint density at radius 3 is 2.67 bits per heavy atom. The lowest BCUT2D eigenvalue weighted by atomic mass is 10.2. The molecule has 0 bridgehead atoms. The highest BCUT2D eigenvalue weighted by molar-refractivity contribution is 6.31. The Kier molecular flexibility index (Phi) is 3.63. The number of halogens is 1. The first kappa shape index (κ1) is 14.7. The van der Waals surface area contributed by atoms with E-state index in [1.807, 2.05) is 36.5 Å². The Labute approximate surface area is 142 Å². The summed E-state index contributed by atoms with van der Waals surface area (Å²) >= 11 is 5.99. The van der Waals surface area contributed by atoms with Crippen LogP contribution in [0.4, 0.5) is 0 Å². The lowest BCUT2D eigenvalue weighted by Gasteiger charge is -2.08. The summed E-state index contributed by atoms with van der Waals surface area (Å²) in [5.74, 6) is 0. The summed E-state index contributed by atoms with van der Waals surface area (Å²) in [6, 6.07) is 14.9. The normalized spacial score (nSPS) is 11.0. The second-order valence-electron chi connectivity index (χ2n) is 5.46. The number of fused-ring (bicyclic) bond motifs is 1. The molecule has 5 nitrogen and oxygen atoms in total. The van der Waals surface area contributed by atoms with Crippen LogP contribution in [0.1, 0.15) is 5.56 Å². The summed E-state index contributed by atoms with van der Waals surface area (Å²) in [4.78, 5) is 16.9. The molecule has 0 fully saturated rings. The van der Waals surface area contributed by atoms with Crippen LogP contribution < -0.4 is 5.56 Å². The van der Waals surface area contributed by atoms with Crippen LogP contribution >= 0.6 is 11.6 Å². The fraction of sp³-hybridized carbons (Fsp3) is 0.0556. The van der Waals surface area contributed by atoms with Gasteiger partial charge < -0.3 is 0 Å². The molecular weight excluding hydrogens is 324 g/mol. The SMILES string of the molecule is O=c1c2cc(Cl)ccc2ncn1Cc1ccc(-n2cccn2)cc1. The maximum atomic E-state index is 12.6. The van der Waals surface area contributed by atoms with Crippen LogP contribution in [0.25, 0.3) is 16.6 Å². The summed E-state index contributed by atoms with van der Waals surface area (Å²) in [5.41, 5.74) is 2.53. The summed E-state index contributed by atoms with van der Waals surface area (Å²) in [7, 11) is 0.